The normalized spacial score (nSPS) is 10.1. The highest BCUT2D eigenvalue weighted by Crippen LogP contribution is 2.25. The molecule has 1 heterocycles. The Morgan fingerprint density at radius 2 is 2.18 bits per heavy atom. The number of benzene rings is 1. The van der Waals surface area contributed by atoms with Crippen LogP contribution in [0.5, 0.6) is 5.88 Å². The van der Waals surface area contributed by atoms with E-state index < -0.39 is 6.03 Å². The number of aliphatic hydroxyl groups excluding tert-OH is 1. The second-order valence-corrected chi connectivity index (χ2v) is 4.81. The number of carbonyl (C=O) groups is 1. The fourth-order valence-corrected chi connectivity index (χ4v) is 2.19. The molecule has 0 unspecified atom stereocenters. The van der Waals surface area contributed by atoms with Gasteiger partial charge in [-0.3, -0.25) is 0 Å². The third-order valence-electron chi connectivity index (χ3n) is 2.93. The number of hydrogen-bond donors (Lipinski definition) is 3. The highest BCUT2D eigenvalue weighted by Gasteiger charge is 2.10. The van der Waals surface area contributed by atoms with Crippen molar-refractivity contribution in [1.82, 2.24) is 4.98 Å². The SMILES string of the molecule is COc1cc(NC(=O)Nc2cccc(Cl)c2CCO)ccn1. The summed E-state index contributed by atoms with van der Waals surface area (Å²) in [5.74, 6) is 0.404. The molecule has 2 amide bonds. The lowest BCUT2D eigenvalue weighted by Crippen LogP contribution is -2.20. The monoisotopic (exact) mass is 321 g/mol. The Bertz CT molecular complexity index is 664. The Hall–Kier alpha value is -2.31. The fraction of sp³-hybridized carbons (Fsp3) is 0.200. The van der Waals surface area contributed by atoms with E-state index in [1.165, 1.54) is 13.3 Å². The van der Waals surface area contributed by atoms with Gasteiger partial charge >= 0.3 is 6.03 Å². The molecule has 1 aromatic heterocycles. The Labute approximate surface area is 133 Å². The minimum atomic E-state index is -0.422. The summed E-state index contributed by atoms with van der Waals surface area (Å²) in [6, 6.07) is 8.00. The molecule has 0 radical (unpaired) electrons. The average Bonchev–Trinajstić information content (AvgIpc) is 2.51. The van der Waals surface area contributed by atoms with Gasteiger partial charge in [0.1, 0.15) is 0 Å². The van der Waals surface area contributed by atoms with Gasteiger partial charge in [-0.1, -0.05) is 17.7 Å². The van der Waals surface area contributed by atoms with Crippen LogP contribution in [0.1, 0.15) is 5.56 Å². The van der Waals surface area contributed by atoms with E-state index in [2.05, 4.69) is 15.6 Å². The number of halogens is 1. The summed E-state index contributed by atoms with van der Waals surface area (Å²) >= 11 is 6.08. The zero-order valence-electron chi connectivity index (χ0n) is 12.0. The quantitative estimate of drug-likeness (QED) is 0.790. The minimum absolute atomic E-state index is 0.0540. The summed E-state index contributed by atoms with van der Waals surface area (Å²) < 4.78 is 4.99. The van der Waals surface area contributed by atoms with Crippen LogP contribution < -0.4 is 15.4 Å². The summed E-state index contributed by atoms with van der Waals surface area (Å²) in [4.78, 5) is 16.0. The van der Waals surface area contributed by atoms with Gasteiger partial charge in [-0.15, -0.1) is 0 Å². The zero-order chi connectivity index (χ0) is 15.9. The highest BCUT2D eigenvalue weighted by molar-refractivity contribution is 6.31. The number of hydrogen-bond acceptors (Lipinski definition) is 4. The average molecular weight is 322 g/mol. The molecule has 22 heavy (non-hydrogen) atoms. The molecule has 0 bridgehead atoms. The van der Waals surface area contributed by atoms with E-state index in [1.54, 1.807) is 30.3 Å². The number of carbonyl (C=O) groups excluding carboxylic acids is 1. The van der Waals surface area contributed by atoms with Gasteiger partial charge in [0, 0.05) is 35.3 Å². The van der Waals surface area contributed by atoms with Crippen molar-refractivity contribution < 1.29 is 14.6 Å². The lowest BCUT2D eigenvalue weighted by atomic mass is 10.1. The minimum Gasteiger partial charge on any atom is -0.481 e. The van der Waals surface area contributed by atoms with E-state index in [4.69, 9.17) is 21.4 Å². The second-order valence-electron chi connectivity index (χ2n) is 4.41. The first-order valence-electron chi connectivity index (χ1n) is 6.60. The maximum Gasteiger partial charge on any atom is 0.323 e. The molecule has 7 heteroatoms. The number of methoxy groups -OCH3 is 1. The maximum atomic E-state index is 12.1. The molecule has 0 spiro atoms. The van der Waals surface area contributed by atoms with Crippen LogP contribution in [0.15, 0.2) is 36.5 Å². The van der Waals surface area contributed by atoms with Crippen molar-refractivity contribution in [2.24, 2.45) is 0 Å². The molecule has 2 rings (SSSR count). The van der Waals surface area contributed by atoms with Crippen LogP contribution in [0.2, 0.25) is 5.02 Å². The molecule has 0 atom stereocenters. The number of pyridine rings is 1. The van der Waals surface area contributed by atoms with Crippen LogP contribution >= 0.6 is 11.6 Å². The molecular weight excluding hydrogens is 306 g/mol. The predicted molar refractivity (Wildman–Crippen MR) is 85.7 cm³/mol. The van der Waals surface area contributed by atoms with Crippen molar-refractivity contribution in [1.29, 1.82) is 0 Å². The van der Waals surface area contributed by atoms with Crippen LogP contribution in [-0.4, -0.2) is 29.8 Å². The molecule has 0 aliphatic carbocycles. The van der Waals surface area contributed by atoms with E-state index in [0.29, 0.717) is 34.3 Å². The number of urea groups is 1. The molecule has 0 fully saturated rings. The molecule has 116 valence electrons. The zero-order valence-corrected chi connectivity index (χ0v) is 12.7. The van der Waals surface area contributed by atoms with E-state index in [9.17, 15) is 4.79 Å². The van der Waals surface area contributed by atoms with Gasteiger partial charge < -0.3 is 20.5 Å². The summed E-state index contributed by atoms with van der Waals surface area (Å²) in [5.41, 5.74) is 1.80. The van der Waals surface area contributed by atoms with Gasteiger partial charge in [-0.25, -0.2) is 9.78 Å². The molecule has 0 aliphatic rings. The number of amides is 2. The lowest BCUT2D eigenvalue weighted by Gasteiger charge is -2.13. The Balaban J connectivity index is 2.10. The van der Waals surface area contributed by atoms with Crippen LogP contribution in [-0.2, 0) is 6.42 Å². The Morgan fingerprint density at radius 1 is 1.36 bits per heavy atom. The summed E-state index contributed by atoms with van der Waals surface area (Å²) in [5, 5.41) is 15.0. The van der Waals surface area contributed by atoms with E-state index in [-0.39, 0.29) is 6.61 Å². The van der Waals surface area contributed by atoms with Crippen molar-refractivity contribution >= 4 is 29.0 Å². The smallest absolute Gasteiger partial charge is 0.323 e. The van der Waals surface area contributed by atoms with E-state index >= 15 is 0 Å². The van der Waals surface area contributed by atoms with Gasteiger partial charge in [0.2, 0.25) is 5.88 Å². The molecule has 2 aromatic rings. The van der Waals surface area contributed by atoms with Crippen molar-refractivity contribution in [3.05, 3.63) is 47.1 Å². The first-order chi connectivity index (χ1) is 10.6. The maximum absolute atomic E-state index is 12.1. The van der Waals surface area contributed by atoms with Crippen molar-refractivity contribution in [3.8, 4) is 5.88 Å². The molecular formula is C15H16ClN3O3. The van der Waals surface area contributed by atoms with Crippen molar-refractivity contribution in [2.45, 2.75) is 6.42 Å². The van der Waals surface area contributed by atoms with E-state index in [1.807, 2.05) is 0 Å². The van der Waals surface area contributed by atoms with Gasteiger partial charge in [0.15, 0.2) is 0 Å². The fourth-order valence-electron chi connectivity index (χ4n) is 1.93. The molecule has 3 N–H and O–H groups in total. The molecule has 1 aromatic carbocycles. The third kappa shape index (κ3) is 4.09. The van der Waals surface area contributed by atoms with Gasteiger partial charge in [0.05, 0.1) is 7.11 Å². The number of nitrogens with one attached hydrogen (secondary N) is 2. The van der Waals surface area contributed by atoms with Crippen LogP contribution in [0.25, 0.3) is 0 Å². The first-order valence-corrected chi connectivity index (χ1v) is 6.98. The van der Waals surface area contributed by atoms with Crippen LogP contribution in [0.3, 0.4) is 0 Å². The number of rotatable bonds is 5. The highest BCUT2D eigenvalue weighted by atomic mass is 35.5. The van der Waals surface area contributed by atoms with Crippen LogP contribution in [0, 0.1) is 0 Å². The Kier molecular flexibility index (Phi) is 5.57. The second kappa shape index (κ2) is 7.63. The third-order valence-corrected chi connectivity index (χ3v) is 3.28. The molecule has 0 aliphatic heterocycles. The molecule has 0 saturated carbocycles. The largest absolute Gasteiger partial charge is 0.481 e. The number of aromatic nitrogens is 1. The Morgan fingerprint density at radius 3 is 2.91 bits per heavy atom. The lowest BCUT2D eigenvalue weighted by molar-refractivity contribution is 0.262. The van der Waals surface area contributed by atoms with E-state index in [0.717, 1.165) is 0 Å². The number of ether oxygens (including phenoxy) is 1. The predicted octanol–water partition coefficient (Wildman–Crippen LogP) is 2.92. The van der Waals surface area contributed by atoms with Gasteiger partial charge in [0.25, 0.3) is 0 Å². The van der Waals surface area contributed by atoms with Gasteiger partial charge in [-0.05, 0) is 30.2 Å². The summed E-state index contributed by atoms with van der Waals surface area (Å²) in [7, 11) is 1.50. The number of nitrogens with zero attached hydrogens (tertiary/aromatic N) is 1. The van der Waals surface area contributed by atoms with Crippen molar-refractivity contribution in [2.75, 3.05) is 24.4 Å². The first kappa shape index (κ1) is 16.1. The molecule has 6 nitrogen and oxygen atoms in total. The number of aliphatic hydroxyl groups is 1. The molecule has 0 saturated heterocycles. The summed E-state index contributed by atoms with van der Waals surface area (Å²) in [6.45, 7) is -0.0540. The number of anilines is 2. The standard InChI is InChI=1S/C15H16ClN3O3/c1-22-14-9-10(5-7-17-14)18-15(21)19-13-4-2-3-12(16)11(13)6-8-20/h2-5,7,9,20H,6,8H2,1H3,(H2,17,18,19,21). The summed E-state index contributed by atoms with van der Waals surface area (Å²) in [6.07, 6.45) is 1.89. The topological polar surface area (TPSA) is 83.5 Å². The van der Waals surface area contributed by atoms with Crippen molar-refractivity contribution in [3.63, 3.8) is 0 Å². The van der Waals surface area contributed by atoms with Crippen LogP contribution in [0.4, 0.5) is 16.2 Å². The van der Waals surface area contributed by atoms with Gasteiger partial charge in [-0.2, -0.15) is 0 Å².